The number of fused-ring (bicyclic) bond motifs is 1. The van der Waals surface area contributed by atoms with Gasteiger partial charge in [0.1, 0.15) is 0 Å². The van der Waals surface area contributed by atoms with Crippen LogP contribution in [0.1, 0.15) is 42.1 Å². The van der Waals surface area contributed by atoms with Gasteiger partial charge in [0.25, 0.3) is 5.91 Å². The van der Waals surface area contributed by atoms with Crippen LogP contribution in [0.4, 0.5) is 0 Å². The molecule has 1 saturated heterocycles. The van der Waals surface area contributed by atoms with Crippen molar-refractivity contribution in [1.29, 1.82) is 0 Å². The predicted octanol–water partition coefficient (Wildman–Crippen LogP) is 2.74. The minimum absolute atomic E-state index is 0.119. The fourth-order valence-corrected chi connectivity index (χ4v) is 5.00. The maximum Gasteiger partial charge on any atom is 0.271 e. The van der Waals surface area contributed by atoms with Crippen LogP contribution >= 0.6 is 0 Å². The molecule has 4 rings (SSSR count). The lowest BCUT2D eigenvalue weighted by molar-refractivity contribution is 0.0954. The van der Waals surface area contributed by atoms with E-state index in [0.29, 0.717) is 30.3 Å². The number of hydrazone groups is 1. The molecule has 0 aliphatic carbocycles. The highest BCUT2D eigenvalue weighted by Crippen LogP contribution is 2.32. The van der Waals surface area contributed by atoms with Gasteiger partial charge in [-0.1, -0.05) is 12.5 Å². The van der Waals surface area contributed by atoms with Gasteiger partial charge in [-0.15, -0.1) is 0 Å². The number of carbonyl (C=O) groups is 1. The number of hydrogen-bond donors (Lipinski definition) is 1. The van der Waals surface area contributed by atoms with E-state index < -0.39 is 15.9 Å². The second kappa shape index (κ2) is 8.45. The lowest BCUT2D eigenvalue weighted by Crippen LogP contribution is -2.35. The molecule has 30 heavy (non-hydrogen) atoms. The minimum Gasteiger partial charge on any atom is -0.454 e. The first kappa shape index (κ1) is 20.4. The van der Waals surface area contributed by atoms with Crippen molar-refractivity contribution in [1.82, 2.24) is 9.73 Å². The number of carbonyl (C=O) groups excluding carboxylic acids is 1. The van der Waals surface area contributed by atoms with Crippen LogP contribution in [-0.2, 0) is 10.0 Å². The van der Waals surface area contributed by atoms with Gasteiger partial charge >= 0.3 is 0 Å². The second-order valence-electron chi connectivity index (χ2n) is 7.20. The molecule has 2 aliphatic heterocycles. The maximum atomic E-state index is 12.9. The summed E-state index contributed by atoms with van der Waals surface area (Å²) in [6, 6.07) is 11.4. The standard InChI is InChI=1S/C21H23N3O5S/c1-15(16-8-9-19-20(13-16)29-14-28-19)22-23-21(25)17-6-5-7-18(12-17)30(26,27)24-10-3-2-4-11-24/h5-9,12-13H,2-4,10-11,14H2,1H3,(H,23,25). The molecule has 0 spiro atoms. The number of amides is 1. The summed E-state index contributed by atoms with van der Waals surface area (Å²) in [4.78, 5) is 12.7. The molecule has 0 saturated carbocycles. The Hall–Kier alpha value is -2.91. The molecule has 0 radical (unpaired) electrons. The Bertz CT molecular complexity index is 1090. The van der Waals surface area contributed by atoms with Crippen LogP contribution in [-0.4, -0.2) is 44.2 Å². The third kappa shape index (κ3) is 4.17. The minimum atomic E-state index is -3.61. The maximum absolute atomic E-state index is 12.9. The first-order valence-corrected chi connectivity index (χ1v) is 11.2. The topological polar surface area (TPSA) is 97.3 Å². The van der Waals surface area contributed by atoms with Crippen LogP contribution in [0.2, 0.25) is 0 Å². The molecule has 9 heteroatoms. The Labute approximate surface area is 175 Å². The molecule has 158 valence electrons. The van der Waals surface area contributed by atoms with Crippen molar-refractivity contribution in [2.75, 3.05) is 19.9 Å². The van der Waals surface area contributed by atoms with Gasteiger partial charge in [-0.05, 0) is 56.2 Å². The highest BCUT2D eigenvalue weighted by atomic mass is 32.2. The summed E-state index contributed by atoms with van der Waals surface area (Å²) in [6.07, 6.45) is 2.75. The monoisotopic (exact) mass is 429 g/mol. The average Bonchev–Trinajstić information content (AvgIpc) is 3.26. The lowest BCUT2D eigenvalue weighted by atomic mass is 10.1. The largest absolute Gasteiger partial charge is 0.454 e. The van der Waals surface area contributed by atoms with E-state index in [0.717, 1.165) is 24.8 Å². The van der Waals surface area contributed by atoms with Crippen LogP contribution < -0.4 is 14.9 Å². The average molecular weight is 429 g/mol. The van der Waals surface area contributed by atoms with Crippen molar-refractivity contribution in [3.63, 3.8) is 0 Å². The van der Waals surface area contributed by atoms with E-state index in [9.17, 15) is 13.2 Å². The molecule has 0 atom stereocenters. The van der Waals surface area contributed by atoms with E-state index >= 15 is 0 Å². The van der Waals surface area contributed by atoms with E-state index in [1.807, 2.05) is 6.07 Å². The molecular formula is C21H23N3O5S. The van der Waals surface area contributed by atoms with E-state index in [2.05, 4.69) is 10.5 Å². The molecule has 0 unspecified atom stereocenters. The first-order valence-electron chi connectivity index (χ1n) is 9.80. The Morgan fingerprint density at radius 2 is 1.77 bits per heavy atom. The summed E-state index contributed by atoms with van der Waals surface area (Å²) in [5, 5.41) is 4.14. The number of hydrogen-bond acceptors (Lipinski definition) is 6. The number of rotatable bonds is 5. The van der Waals surface area contributed by atoms with Gasteiger partial charge in [0.15, 0.2) is 11.5 Å². The summed E-state index contributed by atoms with van der Waals surface area (Å²) >= 11 is 0. The van der Waals surface area contributed by atoms with Crippen molar-refractivity contribution in [3.8, 4) is 11.5 Å². The fraction of sp³-hybridized carbons (Fsp3) is 0.333. The second-order valence-corrected chi connectivity index (χ2v) is 9.14. The number of benzene rings is 2. The van der Waals surface area contributed by atoms with Crippen LogP contribution in [0.3, 0.4) is 0 Å². The SMILES string of the molecule is CC(=NNC(=O)c1cccc(S(=O)(=O)N2CCCCC2)c1)c1ccc2c(c1)OCO2. The molecule has 8 nitrogen and oxygen atoms in total. The van der Waals surface area contributed by atoms with E-state index in [1.165, 1.54) is 16.4 Å². The Morgan fingerprint density at radius 1 is 1.00 bits per heavy atom. The molecule has 2 heterocycles. The third-order valence-corrected chi connectivity index (χ3v) is 7.06. The third-order valence-electron chi connectivity index (χ3n) is 5.16. The van der Waals surface area contributed by atoms with Gasteiger partial charge in [-0.25, -0.2) is 13.8 Å². The van der Waals surface area contributed by atoms with Crippen molar-refractivity contribution < 1.29 is 22.7 Å². The first-order chi connectivity index (χ1) is 14.4. The van der Waals surface area contributed by atoms with Gasteiger partial charge < -0.3 is 9.47 Å². The summed E-state index contributed by atoms with van der Waals surface area (Å²) in [5.41, 5.74) is 4.08. The molecule has 1 fully saturated rings. The van der Waals surface area contributed by atoms with Crippen molar-refractivity contribution in [2.24, 2.45) is 5.10 Å². The normalized spacial score (nSPS) is 17.0. The number of sulfonamides is 1. The lowest BCUT2D eigenvalue weighted by Gasteiger charge is -2.25. The summed E-state index contributed by atoms with van der Waals surface area (Å²) in [7, 11) is -3.61. The van der Waals surface area contributed by atoms with E-state index in [4.69, 9.17) is 9.47 Å². The van der Waals surface area contributed by atoms with Crippen LogP contribution in [0.5, 0.6) is 11.5 Å². The molecule has 2 aliphatic rings. The highest BCUT2D eigenvalue weighted by Gasteiger charge is 2.26. The van der Waals surface area contributed by atoms with Gasteiger partial charge in [0.2, 0.25) is 16.8 Å². The number of nitrogens with one attached hydrogen (secondary N) is 1. The summed E-state index contributed by atoms with van der Waals surface area (Å²) < 4.78 is 37.8. The van der Waals surface area contributed by atoms with Gasteiger partial charge in [0, 0.05) is 24.2 Å². The van der Waals surface area contributed by atoms with Crippen LogP contribution in [0, 0.1) is 0 Å². The highest BCUT2D eigenvalue weighted by molar-refractivity contribution is 7.89. The zero-order valence-corrected chi connectivity index (χ0v) is 17.4. The fourth-order valence-electron chi connectivity index (χ4n) is 3.44. The molecule has 1 N–H and O–H groups in total. The van der Waals surface area contributed by atoms with Crippen LogP contribution in [0.15, 0.2) is 52.5 Å². The summed E-state index contributed by atoms with van der Waals surface area (Å²) in [6.45, 7) is 2.97. The zero-order valence-electron chi connectivity index (χ0n) is 16.6. The van der Waals surface area contributed by atoms with Crippen LogP contribution in [0.25, 0.3) is 0 Å². The Morgan fingerprint density at radius 3 is 2.57 bits per heavy atom. The number of ether oxygens (including phenoxy) is 2. The van der Waals surface area contributed by atoms with Crippen molar-refractivity contribution >= 4 is 21.6 Å². The molecular weight excluding hydrogens is 406 g/mol. The smallest absolute Gasteiger partial charge is 0.271 e. The molecule has 2 aromatic rings. The van der Waals surface area contributed by atoms with Crippen molar-refractivity contribution in [3.05, 3.63) is 53.6 Å². The zero-order chi connectivity index (χ0) is 21.1. The molecule has 0 aromatic heterocycles. The van der Waals surface area contributed by atoms with E-state index in [1.54, 1.807) is 31.2 Å². The number of nitrogens with zero attached hydrogens (tertiary/aromatic N) is 2. The molecule has 0 bridgehead atoms. The summed E-state index contributed by atoms with van der Waals surface area (Å²) in [5.74, 6) is 0.817. The molecule has 1 amide bonds. The Balaban J connectivity index is 1.48. The van der Waals surface area contributed by atoms with Crippen molar-refractivity contribution in [2.45, 2.75) is 31.1 Å². The Kier molecular flexibility index (Phi) is 5.74. The van der Waals surface area contributed by atoms with Gasteiger partial charge in [0.05, 0.1) is 10.6 Å². The number of piperidine rings is 1. The van der Waals surface area contributed by atoms with Gasteiger partial charge in [-0.2, -0.15) is 9.41 Å². The van der Waals surface area contributed by atoms with Gasteiger partial charge in [-0.3, -0.25) is 4.79 Å². The quantitative estimate of drug-likeness (QED) is 0.582. The van der Waals surface area contributed by atoms with E-state index in [-0.39, 0.29) is 17.3 Å². The molecule has 2 aromatic carbocycles. The predicted molar refractivity (Wildman–Crippen MR) is 111 cm³/mol.